The Hall–Kier alpha value is -4.66. The lowest BCUT2D eigenvalue weighted by atomic mass is 10.2. The molecule has 0 fully saturated rings. The maximum absolute atomic E-state index is 10.6. The summed E-state index contributed by atoms with van der Waals surface area (Å²) < 4.78 is 69.4. The summed E-state index contributed by atoms with van der Waals surface area (Å²) in [4.78, 5) is 29.2. The molecule has 0 amide bonds. The third-order valence-electron chi connectivity index (χ3n) is 4.42. The number of nitrogens with zero attached hydrogens (tertiary/aromatic N) is 2. The first-order chi connectivity index (χ1) is 18.3. The monoisotopic (exact) mass is 558 g/mol. The van der Waals surface area contributed by atoms with Gasteiger partial charge in [0.2, 0.25) is 0 Å². The van der Waals surface area contributed by atoms with Crippen LogP contribution in [0.1, 0.15) is 11.1 Å². The normalized spacial score (nSPS) is 11.0. The maximum Gasteiger partial charge on any atom is 0.490 e. The first kappa shape index (κ1) is 30.6. The highest BCUT2D eigenvalue weighted by molar-refractivity contribution is 5.76. The average molecular weight is 558 g/mol. The molecular weight excluding hydrogens is 538 g/mol. The van der Waals surface area contributed by atoms with Crippen molar-refractivity contribution in [3.63, 3.8) is 0 Å². The summed E-state index contributed by atoms with van der Waals surface area (Å²) >= 11 is 0. The van der Waals surface area contributed by atoms with Gasteiger partial charge in [0.25, 0.3) is 0 Å². The smallest absolute Gasteiger partial charge is 0.475 e. The number of nitrogens with one attached hydrogen (secondary N) is 2. The van der Waals surface area contributed by atoms with Crippen LogP contribution in [-0.2, 0) is 22.7 Å². The van der Waals surface area contributed by atoms with Gasteiger partial charge in [-0.05, 0) is 41.5 Å². The van der Waals surface area contributed by atoms with Crippen LogP contribution >= 0.6 is 0 Å². The number of carbonyl (C=O) groups is 2. The lowest BCUT2D eigenvalue weighted by molar-refractivity contribution is -0.193. The van der Waals surface area contributed by atoms with E-state index in [9.17, 15) is 26.3 Å². The molecule has 4 N–H and O–H groups in total. The Morgan fingerprint density at radius 2 is 1.41 bits per heavy atom. The summed E-state index contributed by atoms with van der Waals surface area (Å²) in [7, 11) is 0. The van der Waals surface area contributed by atoms with Crippen molar-refractivity contribution in [1.29, 1.82) is 0 Å². The van der Waals surface area contributed by atoms with Gasteiger partial charge in [-0.3, -0.25) is 4.98 Å². The molecule has 4 aromatic rings. The zero-order valence-electron chi connectivity index (χ0n) is 19.6. The predicted octanol–water partition coefficient (Wildman–Crippen LogP) is 5.31. The Morgan fingerprint density at radius 3 is 1.95 bits per heavy atom. The highest BCUT2D eigenvalue weighted by Crippen LogP contribution is 2.24. The Bertz CT molecular complexity index is 1320. The lowest BCUT2D eigenvalue weighted by Crippen LogP contribution is -2.21. The number of pyridine rings is 1. The van der Waals surface area contributed by atoms with E-state index in [-0.39, 0.29) is 0 Å². The van der Waals surface area contributed by atoms with Gasteiger partial charge >= 0.3 is 24.3 Å². The molecule has 15 heteroatoms. The fraction of sp³-hybridized carbons (Fsp3) is 0.167. The predicted molar refractivity (Wildman–Crippen MR) is 125 cm³/mol. The summed E-state index contributed by atoms with van der Waals surface area (Å²) in [6.07, 6.45) is -4.83. The summed E-state index contributed by atoms with van der Waals surface area (Å²) in [6.45, 7) is 1.60. The molecule has 2 aromatic carbocycles. The van der Waals surface area contributed by atoms with E-state index < -0.39 is 24.3 Å². The Morgan fingerprint density at radius 1 is 0.846 bits per heavy atom. The largest absolute Gasteiger partial charge is 0.490 e. The van der Waals surface area contributed by atoms with Crippen LogP contribution in [-0.4, -0.2) is 49.5 Å². The minimum Gasteiger partial charge on any atom is -0.475 e. The van der Waals surface area contributed by atoms with Crippen molar-refractivity contribution < 1.29 is 50.9 Å². The number of aromatic nitrogens is 3. The van der Waals surface area contributed by atoms with Gasteiger partial charge < -0.3 is 25.3 Å². The highest BCUT2D eigenvalue weighted by atomic mass is 19.4. The Balaban J connectivity index is 0.000000317. The molecule has 0 aliphatic rings. The number of halogens is 6. The topological polar surface area (TPSA) is 137 Å². The van der Waals surface area contributed by atoms with Gasteiger partial charge in [0.1, 0.15) is 11.5 Å². The number of hydrogen-bond donors (Lipinski definition) is 4. The molecule has 0 spiro atoms. The highest BCUT2D eigenvalue weighted by Gasteiger charge is 2.38. The average Bonchev–Trinajstić information content (AvgIpc) is 3.33. The van der Waals surface area contributed by atoms with Crippen molar-refractivity contribution >= 4 is 23.0 Å². The van der Waals surface area contributed by atoms with Crippen LogP contribution < -0.4 is 10.1 Å². The van der Waals surface area contributed by atoms with Crippen LogP contribution in [0.3, 0.4) is 0 Å². The van der Waals surface area contributed by atoms with Gasteiger partial charge in [-0.25, -0.2) is 14.6 Å². The van der Waals surface area contributed by atoms with Crippen LogP contribution in [0.15, 0.2) is 73.3 Å². The number of benzene rings is 2. The second-order valence-electron chi connectivity index (χ2n) is 7.40. The molecule has 0 radical (unpaired) electrons. The minimum atomic E-state index is -5.08. The molecule has 2 aromatic heterocycles. The van der Waals surface area contributed by atoms with Gasteiger partial charge in [0.15, 0.2) is 0 Å². The summed E-state index contributed by atoms with van der Waals surface area (Å²) in [5, 5.41) is 17.7. The number of rotatable bonds is 6. The first-order valence-corrected chi connectivity index (χ1v) is 10.7. The second-order valence-corrected chi connectivity index (χ2v) is 7.40. The van der Waals surface area contributed by atoms with Gasteiger partial charge in [-0.1, -0.05) is 18.2 Å². The SMILES string of the molecule is O=C(O)C(F)(F)F.O=C(O)C(F)(F)F.c1cncc(CNCc2ccc(Oc3ccc4[nH]cnc4c3)cc2)c1. The number of hydrogen-bond acceptors (Lipinski definition) is 6. The van der Waals surface area contributed by atoms with Crippen LogP contribution in [0.4, 0.5) is 26.3 Å². The molecule has 0 saturated heterocycles. The standard InChI is InChI=1S/C20H18N4O.2C2HF3O2/c1-2-16(12-21-9-1)13-22-11-15-3-5-17(6-4-15)25-18-7-8-19-20(10-18)24-14-23-19;2*3-2(4,5)1(6)7/h1-10,12,14,22H,11,13H2,(H,23,24);2*(H,6,7). The van der Waals surface area contributed by atoms with Crippen molar-refractivity contribution in [3.05, 3.63) is 84.4 Å². The van der Waals surface area contributed by atoms with Crippen molar-refractivity contribution in [1.82, 2.24) is 20.3 Å². The van der Waals surface area contributed by atoms with Crippen molar-refractivity contribution in [3.8, 4) is 11.5 Å². The number of carboxylic acids is 2. The van der Waals surface area contributed by atoms with Crippen molar-refractivity contribution in [2.24, 2.45) is 0 Å². The number of aliphatic carboxylic acids is 2. The molecule has 0 atom stereocenters. The number of imidazole rings is 1. The van der Waals surface area contributed by atoms with E-state index in [1.54, 1.807) is 12.5 Å². The summed E-state index contributed by atoms with van der Waals surface area (Å²) in [6, 6.07) is 17.9. The molecule has 0 saturated carbocycles. The fourth-order valence-corrected chi connectivity index (χ4v) is 2.64. The summed E-state index contributed by atoms with van der Waals surface area (Å²) in [5.41, 5.74) is 4.28. The molecule has 0 aliphatic carbocycles. The Labute approximate surface area is 216 Å². The van der Waals surface area contributed by atoms with Gasteiger partial charge in [0, 0.05) is 31.5 Å². The Kier molecular flexibility index (Phi) is 10.8. The third-order valence-corrected chi connectivity index (χ3v) is 4.42. The zero-order valence-corrected chi connectivity index (χ0v) is 19.6. The molecule has 0 unspecified atom stereocenters. The molecule has 4 rings (SSSR count). The fourth-order valence-electron chi connectivity index (χ4n) is 2.64. The second kappa shape index (κ2) is 13.8. The molecule has 9 nitrogen and oxygen atoms in total. The number of H-pyrrole nitrogens is 1. The van der Waals surface area contributed by atoms with Crippen molar-refractivity contribution in [2.45, 2.75) is 25.4 Å². The van der Waals surface area contributed by atoms with E-state index in [0.717, 1.165) is 35.6 Å². The number of alkyl halides is 6. The van der Waals surface area contributed by atoms with E-state index in [1.165, 1.54) is 11.1 Å². The van der Waals surface area contributed by atoms with Crippen LogP contribution in [0.2, 0.25) is 0 Å². The third kappa shape index (κ3) is 11.1. The van der Waals surface area contributed by atoms with Crippen LogP contribution in [0.5, 0.6) is 11.5 Å². The van der Waals surface area contributed by atoms with Gasteiger partial charge in [-0.15, -0.1) is 0 Å². The maximum atomic E-state index is 10.6. The number of carboxylic acid groups (broad SMARTS) is 2. The van der Waals surface area contributed by atoms with E-state index >= 15 is 0 Å². The molecule has 0 aliphatic heterocycles. The molecule has 0 bridgehead atoms. The number of aromatic amines is 1. The van der Waals surface area contributed by atoms with E-state index in [0.29, 0.717) is 0 Å². The van der Waals surface area contributed by atoms with Crippen LogP contribution in [0, 0.1) is 0 Å². The zero-order chi connectivity index (χ0) is 29.1. The van der Waals surface area contributed by atoms with Crippen molar-refractivity contribution in [2.75, 3.05) is 0 Å². The number of ether oxygens (including phenoxy) is 1. The quantitative estimate of drug-likeness (QED) is 0.234. The van der Waals surface area contributed by atoms with E-state index in [4.69, 9.17) is 24.5 Å². The minimum absolute atomic E-state index is 0.780. The van der Waals surface area contributed by atoms with E-state index in [2.05, 4.69) is 38.5 Å². The number of fused-ring (bicyclic) bond motifs is 1. The molecule has 2 heterocycles. The first-order valence-electron chi connectivity index (χ1n) is 10.7. The molecule has 39 heavy (non-hydrogen) atoms. The van der Waals surface area contributed by atoms with E-state index in [1.807, 2.05) is 42.6 Å². The van der Waals surface area contributed by atoms with Gasteiger partial charge in [0.05, 0.1) is 17.4 Å². The molecular formula is C24H20F6N4O5. The lowest BCUT2D eigenvalue weighted by Gasteiger charge is -2.08. The summed E-state index contributed by atoms with van der Waals surface area (Å²) in [5.74, 6) is -3.92. The molecule has 208 valence electrons. The van der Waals surface area contributed by atoms with Gasteiger partial charge in [-0.2, -0.15) is 26.3 Å². The van der Waals surface area contributed by atoms with Crippen LogP contribution in [0.25, 0.3) is 11.0 Å².